The summed E-state index contributed by atoms with van der Waals surface area (Å²) in [5.74, 6) is 0.475. The lowest BCUT2D eigenvalue weighted by Gasteiger charge is -2.36. The third kappa shape index (κ3) is 5.69. The third-order valence-corrected chi connectivity index (χ3v) is 6.76. The largest absolute Gasteiger partial charge is 0.497 e. The van der Waals surface area contributed by atoms with Gasteiger partial charge >= 0.3 is 5.97 Å². The summed E-state index contributed by atoms with van der Waals surface area (Å²) in [5.41, 5.74) is 3.27. The first-order chi connectivity index (χ1) is 18.0. The zero-order valence-corrected chi connectivity index (χ0v) is 21.7. The van der Waals surface area contributed by atoms with Crippen LogP contribution in [-0.2, 0) is 20.9 Å². The maximum absolute atomic E-state index is 13.3. The number of hydrogen-bond donors (Lipinski definition) is 1. The number of pyridine rings is 1. The van der Waals surface area contributed by atoms with Crippen LogP contribution >= 0.6 is 11.8 Å². The van der Waals surface area contributed by atoms with Gasteiger partial charge in [-0.3, -0.25) is 9.78 Å². The summed E-state index contributed by atoms with van der Waals surface area (Å²) in [6, 6.07) is 8.49. The summed E-state index contributed by atoms with van der Waals surface area (Å²) < 4.78 is 16.5. The molecular formula is C27H28N4O5S. The molecular weight excluding hydrogens is 492 g/mol. The topological polar surface area (TPSA) is 102 Å². The Labute approximate surface area is 219 Å². The minimum Gasteiger partial charge on any atom is -0.497 e. The van der Waals surface area contributed by atoms with Crippen LogP contribution in [0, 0.1) is 0 Å². The van der Waals surface area contributed by atoms with Crippen molar-refractivity contribution in [3.05, 3.63) is 88.9 Å². The van der Waals surface area contributed by atoms with E-state index in [1.807, 2.05) is 28.5 Å². The van der Waals surface area contributed by atoms with Gasteiger partial charge in [0, 0.05) is 36.3 Å². The molecule has 4 rings (SSSR count). The average molecular weight is 521 g/mol. The van der Waals surface area contributed by atoms with E-state index >= 15 is 0 Å². The van der Waals surface area contributed by atoms with Crippen LogP contribution in [0.1, 0.15) is 30.5 Å². The fourth-order valence-corrected chi connectivity index (χ4v) is 5.07. The normalized spacial score (nSPS) is 16.4. The summed E-state index contributed by atoms with van der Waals surface area (Å²) in [4.78, 5) is 36.7. The van der Waals surface area contributed by atoms with E-state index < -0.39 is 12.0 Å². The van der Waals surface area contributed by atoms with Gasteiger partial charge in [0.05, 0.1) is 38.0 Å². The average Bonchev–Trinajstić information content (AvgIpc) is 3.31. The van der Waals surface area contributed by atoms with Gasteiger partial charge in [0.25, 0.3) is 0 Å². The first-order valence-electron chi connectivity index (χ1n) is 11.6. The second kappa shape index (κ2) is 11.8. The number of amides is 1. The Morgan fingerprint density at radius 1 is 1.19 bits per heavy atom. The molecule has 37 heavy (non-hydrogen) atoms. The maximum Gasteiger partial charge on any atom is 0.338 e. The number of esters is 1. The molecule has 1 atom stereocenters. The van der Waals surface area contributed by atoms with Gasteiger partial charge in [0.2, 0.25) is 5.91 Å². The van der Waals surface area contributed by atoms with E-state index in [2.05, 4.69) is 21.9 Å². The fourth-order valence-electron chi connectivity index (χ4n) is 4.11. The summed E-state index contributed by atoms with van der Waals surface area (Å²) >= 11 is 1.40. The quantitative estimate of drug-likeness (QED) is 0.369. The number of carbonyl (C=O) groups excluding carboxylic acids is 2. The van der Waals surface area contributed by atoms with Gasteiger partial charge in [-0.1, -0.05) is 24.4 Å². The lowest BCUT2D eigenvalue weighted by molar-refractivity contribution is -0.138. The maximum atomic E-state index is 13.3. The predicted octanol–water partition coefficient (Wildman–Crippen LogP) is 4.11. The number of hydrogen-bond acceptors (Lipinski definition) is 9. The molecule has 1 aromatic heterocycles. The number of allylic oxidation sites excluding steroid dienone is 1. The molecule has 2 aliphatic heterocycles. The molecule has 1 N–H and O–H groups in total. The van der Waals surface area contributed by atoms with Crippen molar-refractivity contribution < 1.29 is 23.8 Å². The van der Waals surface area contributed by atoms with Crippen molar-refractivity contribution >= 4 is 28.8 Å². The van der Waals surface area contributed by atoms with Crippen LogP contribution in [0.3, 0.4) is 0 Å². The highest BCUT2D eigenvalue weighted by molar-refractivity contribution is 8.16. The first-order valence-corrected chi connectivity index (χ1v) is 12.4. The van der Waals surface area contributed by atoms with E-state index in [0.29, 0.717) is 45.7 Å². The van der Waals surface area contributed by atoms with Crippen molar-refractivity contribution in [2.24, 2.45) is 4.99 Å². The molecule has 0 bridgehead atoms. The van der Waals surface area contributed by atoms with Crippen molar-refractivity contribution in [3.8, 4) is 11.5 Å². The monoisotopic (exact) mass is 520 g/mol. The molecule has 0 saturated heterocycles. The van der Waals surface area contributed by atoms with Crippen LogP contribution in [0.4, 0.5) is 0 Å². The Balaban J connectivity index is 1.68. The molecule has 0 fully saturated rings. The number of rotatable bonds is 10. The Bertz CT molecular complexity index is 1290. The molecule has 10 heteroatoms. The second-order valence-electron chi connectivity index (χ2n) is 8.20. The number of ether oxygens (including phenoxy) is 3. The van der Waals surface area contributed by atoms with Crippen LogP contribution in [0.15, 0.2) is 82.7 Å². The van der Waals surface area contributed by atoms with E-state index in [1.54, 1.807) is 45.7 Å². The van der Waals surface area contributed by atoms with Crippen LogP contribution in [-0.4, -0.2) is 47.8 Å². The van der Waals surface area contributed by atoms with Crippen molar-refractivity contribution in [1.82, 2.24) is 15.2 Å². The third-order valence-electron chi connectivity index (χ3n) is 5.87. The number of fused-ring (bicyclic) bond motifs is 1. The molecule has 1 aromatic carbocycles. The molecule has 0 aliphatic carbocycles. The molecule has 0 spiro atoms. The molecule has 9 nitrogen and oxygen atoms in total. The van der Waals surface area contributed by atoms with E-state index in [0.717, 1.165) is 5.56 Å². The lowest BCUT2D eigenvalue weighted by atomic mass is 9.93. The van der Waals surface area contributed by atoms with Gasteiger partial charge in [0.15, 0.2) is 5.17 Å². The highest BCUT2D eigenvalue weighted by Crippen LogP contribution is 2.47. The van der Waals surface area contributed by atoms with Crippen LogP contribution in [0.5, 0.6) is 11.5 Å². The van der Waals surface area contributed by atoms with Crippen molar-refractivity contribution in [1.29, 1.82) is 0 Å². The van der Waals surface area contributed by atoms with Gasteiger partial charge in [-0.05, 0) is 42.2 Å². The number of amidine groups is 1. The molecule has 192 valence electrons. The summed E-state index contributed by atoms with van der Waals surface area (Å²) in [5, 5.41) is 5.50. The molecule has 0 saturated carbocycles. The predicted molar refractivity (Wildman–Crippen MR) is 142 cm³/mol. The molecule has 0 radical (unpaired) electrons. The van der Waals surface area contributed by atoms with Crippen molar-refractivity contribution in [3.63, 3.8) is 0 Å². The molecule has 2 aliphatic rings. The van der Waals surface area contributed by atoms with Crippen LogP contribution in [0.25, 0.3) is 0 Å². The number of methoxy groups -OCH3 is 2. The summed E-state index contributed by atoms with van der Waals surface area (Å²) in [7, 11) is 3.13. The summed E-state index contributed by atoms with van der Waals surface area (Å²) in [6.45, 7) is 5.86. The van der Waals surface area contributed by atoms with Crippen LogP contribution in [0.2, 0.25) is 0 Å². The number of aromatic nitrogens is 1. The Hall–Kier alpha value is -4.05. The van der Waals surface area contributed by atoms with E-state index in [4.69, 9.17) is 14.2 Å². The van der Waals surface area contributed by atoms with Crippen molar-refractivity contribution in [2.45, 2.75) is 25.9 Å². The minimum atomic E-state index is -0.625. The Morgan fingerprint density at radius 2 is 1.97 bits per heavy atom. The van der Waals surface area contributed by atoms with Gasteiger partial charge in [-0.25, -0.2) is 9.79 Å². The van der Waals surface area contributed by atoms with Gasteiger partial charge in [-0.2, -0.15) is 0 Å². The SMILES string of the molecule is C=CCOC(=O)C1=C(C)N=C2SC=C(CC(=O)NCc3ccncc3)N2C1c1ccc(OC)cc1OC. The first kappa shape index (κ1) is 26.0. The number of thioether (sulfide) groups is 1. The number of carbonyl (C=O) groups is 2. The lowest BCUT2D eigenvalue weighted by Crippen LogP contribution is -2.38. The molecule has 2 aromatic rings. The summed E-state index contributed by atoms with van der Waals surface area (Å²) in [6.07, 6.45) is 4.98. The van der Waals surface area contributed by atoms with Gasteiger partial charge in [-0.15, -0.1) is 0 Å². The highest BCUT2D eigenvalue weighted by atomic mass is 32.2. The van der Waals surface area contributed by atoms with Crippen molar-refractivity contribution in [2.75, 3.05) is 20.8 Å². The zero-order chi connectivity index (χ0) is 26.4. The second-order valence-corrected chi connectivity index (χ2v) is 9.03. The zero-order valence-electron chi connectivity index (χ0n) is 20.9. The smallest absolute Gasteiger partial charge is 0.338 e. The number of nitrogens with one attached hydrogen (secondary N) is 1. The number of benzene rings is 1. The van der Waals surface area contributed by atoms with E-state index in [9.17, 15) is 9.59 Å². The molecule has 1 unspecified atom stereocenters. The molecule has 3 heterocycles. The van der Waals surface area contributed by atoms with Gasteiger partial charge < -0.3 is 24.4 Å². The minimum absolute atomic E-state index is 0.0630. The Morgan fingerprint density at radius 3 is 2.68 bits per heavy atom. The van der Waals surface area contributed by atoms with E-state index in [-0.39, 0.29) is 18.9 Å². The molecule has 1 amide bonds. The van der Waals surface area contributed by atoms with E-state index in [1.165, 1.54) is 17.8 Å². The number of aliphatic imine (C=N–C) groups is 1. The standard InChI is InChI=1S/C27H28N4O5S/c1-5-12-36-26(33)24-17(2)30-27-31(25(24)21-7-6-20(34-3)14-22(21)35-4)19(16-37-27)13-23(32)29-15-18-8-10-28-11-9-18/h5-11,14,16,25H,1,12-13,15H2,2-4H3,(H,29,32). The van der Waals surface area contributed by atoms with Gasteiger partial charge in [0.1, 0.15) is 18.1 Å². The van der Waals surface area contributed by atoms with Crippen LogP contribution < -0.4 is 14.8 Å². The fraction of sp³-hybridized carbons (Fsp3) is 0.259. The Kier molecular flexibility index (Phi) is 8.29. The number of nitrogens with zero attached hydrogens (tertiary/aromatic N) is 3. The highest BCUT2D eigenvalue weighted by Gasteiger charge is 2.42.